The zero-order valence-corrected chi connectivity index (χ0v) is 34.1. The fourth-order valence-corrected chi connectivity index (χ4v) is 19.3. The summed E-state index contributed by atoms with van der Waals surface area (Å²) < 4.78 is 0. The third-order valence-electron chi connectivity index (χ3n) is 11.4. The highest BCUT2D eigenvalue weighted by atomic mass is 32.1. The van der Waals surface area contributed by atoms with Crippen molar-refractivity contribution >= 4 is 35.9 Å². The largest absolute Gasteiger partial charge is 0.177 e. The first kappa shape index (κ1) is 37.2. The van der Waals surface area contributed by atoms with E-state index in [-0.39, 0.29) is 0 Å². The molecular weight excluding hydrogens is 725 g/mol. The van der Waals surface area contributed by atoms with Gasteiger partial charge in [-0.2, -0.15) is 5.09 Å². The SMILES string of the molecule is c1ccc(-c2ccc(P(c3ccc(-c4ccccc4)cc3)[P+](NC3CCCCC3)(c3ccc(-c4ccccc4)cc3)c3ccc(-c4ccccc4)cc3)cc2)cc1. The molecule has 0 heterocycles. The predicted octanol–water partition coefficient (Wildman–Crippen LogP) is 13.2. The summed E-state index contributed by atoms with van der Waals surface area (Å²) in [6.07, 6.45) is 6.27. The van der Waals surface area contributed by atoms with Gasteiger partial charge in [-0.05, 0) is 106 Å². The third kappa shape index (κ3) is 8.08. The van der Waals surface area contributed by atoms with Gasteiger partial charge in [-0.25, -0.2) is 0 Å². The normalized spacial score (nSPS) is 13.4. The van der Waals surface area contributed by atoms with Crippen molar-refractivity contribution in [2.24, 2.45) is 0 Å². The van der Waals surface area contributed by atoms with E-state index in [2.05, 4.69) is 223 Å². The number of benzene rings is 8. The molecule has 8 aromatic carbocycles. The van der Waals surface area contributed by atoms with Crippen LogP contribution in [0, 0.1) is 0 Å². The van der Waals surface area contributed by atoms with Crippen molar-refractivity contribution in [1.82, 2.24) is 5.09 Å². The Morgan fingerprint density at radius 1 is 0.316 bits per heavy atom. The molecule has 8 aromatic rings. The lowest BCUT2D eigenvalue weighted by Crippen LogP contribution is -2.42. The minimum absolute atomic E-state index is 0.437. The van der Waals surface area contributed by atoms with Crippen LogP contribution in [0.5, 0.6) is 0 Å². The van der Waals surface area contributed by atoms with E-state index in [4.69, 9.17) is 0 Å². The van der Waals surface area contributed by atoms with Crippen LogP contribution in [0.4, 0.5) is 0 Å². The molecule has 0 spiro atoms. The van der Waals surface area contributed by atoms with Gasteiger partial charge in [0, 0.05) is 16.7 Å². The molecule has 0 amide bonds. The molecule has 1 saturated carbocycles. The van der Waals surface area contributed by atoms with Crippen molar-refractivity contribution < 1.29 is 0 Å². The molecule has 0 bridgehead atoms. The fraction of sp³-hybridized carbons (Fsp3) is 0.111. The molecule has 1 fully saturated rings. The summed E-state index contributed by atoms with van der Waals surface area (Å²) in [5.41, 5.74) is 9.97. The van der Waals surface area contributed by atoms with Crippen molar-refractivity contribution in [3.8, 4) is 44.5 Å². The lowest BCUT2D eigenvalue weighted by molar-refractivity contribution is 0.421. The van der Waals surface area contributed by atoms with Gasteiger partial charge in [-0.3, -0.25) is 0 Å². The molecule has 1 aliphatic rings. The Labute approximate surface area is 340 Å². The molecule has 0 aromatic heterocycles. The highest BCUT2D eigenvalue weighted by molar-refractivity contribution is 8.49. The van der Waals surface area contributed by atoms with E-state index in [9.17, 15) is 0 Å². The first-order valence-corrected chi connectivity index (χ1v) is 24.2. The monoisotopic (exact) mass is 772 g/mol. The average molecular weight is 773 g/mol. The molecule has 0 unspecified atom stereocenters. The minimum atomic E-state index is -2.41. The maximum absolute atomic E-state index is 4.65. The number of hydrogen-bond donors (Lipinski definition) is 1. The van der Waals surface area contributed by atoms with E-state index in [0.29, 0.717) is 6.04 Å². The molecule has 57 heavy (non-hydrogen) atoms. The standard InChI is InChI=1S/C54H48NP2/c1-6-16-42(17-7-1)46-26-34-51(35-27-46)56(52-36-28-47(29-37-52)43-18-8-2-9-19-43)57(55-50-24-14-5-15-25-50,53-38-30-48(31-39-53)44-20-10-3-11-21-44)54-40-32-49(33-41-54)45-22-12-4-13-23-45/h1-4,6-13,16-23,26-41,50,55H,5,14-15,24-25H2/q+1. The van der Waals surface area contributed by atoms with Crippen LogP contribution in [0.2, 0.25) is 0 Å². The molecule has 3 heteroatoms. The Morgan fingerprint density at radius 2 is 0.596 bits per heavy atom. The van der Waals surface area contributed by atoms with Gasteiger partial charge in [0.2, 0.25) is 0 Å². The zero-order valence-electron chi connectivity index (χ0n) is 32.3. The average Bonchev–Trinajstić information content (AvgIpc) is 3.31. The van der Waals surface area contributed by atoms with E-state index in [1.807, 2.05) is 0 Å². The molecule has 0 atom stereocenters. The zero-order chi connectivity index (χ0) is 38.3. The van der Waals surface area contributed by atoms with Crippen LogP contribution in [0.1, 0.15) is 32.1 Å². The van der Waals surface area contributed by atoms with Gasteiger partial charge in [0.05, 0.1) is 0 Å². The summed E-state index contributed by atoms with van der Waals surface area (Å²) in [5.74, 6) is 0. The predicted molar refractivity (Wildman–Crippen MR) is 250 cm³/mol. The van der Waals surface area contributed by atoms with E-state index in [0.717, 1.165) is 0 Å². The molecule has 1 nitrogen and oxygen atoms in total. The van der Waals surface area contributed by atoms with Crippen LogP contribution in [-0.2, 0) is 0 Å². The summed E-state index contributed by atoms with van der Waals surface area (Å²) in [4.78, 5) is 0. The third-order valence-corrected chi connectivity index (χ3v) is 21.3. The van der Waals surface area contributed by atoms with Crippen molar-refractivity contribution in [3.63, 3.8) is 0 Å². The Hall–Kier alpha value is -5.42. The summed E-state index contributed by atoms with van der Waals surface area (Å²) in [7, 11) is -3.37. The summed E-state index contributed by atoms with van der Waals surface area (Å²) in [5, 5.41) is 10.3. The van der Waals surface area contributed by atoms with Crippen molar-refractivity contribution in [1.29, 1.82) is 0 Å². The van der Waals surface area contributed by atoms with Gasteiger partial charge >= 0.3 is 0 Å². The highest BCUT2D eigenvalue weighted by Crippen LogP contribution is 2.78. The van der Waals surface area contributed by atoms with Crippen molar-refractivity contribution in [2.75, 3.05) is 0 Å². The molecule has 0 radical (unpaired) electrons. The quantitative estimate of drug-likeness (QED) is 0.129. The van der Waals surface area contributed by atoms with Crippen LogP contribution < -0.4 is 26.3 Å². The molecule has 1 N–H and O–H groups in total. The van der Waals surface area contributed by atoms with E-state index in [1.165, 1.54) is 97.8 Å². The van der Waals surface area contributed by atoms with Gasteiger partial charge in [-0.15, -0.1) is 0 Å². The smallest absolute Gasteiger partial charge is 0.173 e. The highest BCUT2D eigenvalue weighted by Gasteiger charge is 2.54. The first-order valence-electron chi connectivity index (χ1n) is 20.4. The van der Waals surface area contributed by atoms with Gasteiger partial charge in [0.25, 0.3) is 0 Å². The van der Waals surface area contributed by atoms with Crippen LogP contribution in [-0.4, -0.2) is 6.04 Å². The Balaban J connectivity index is 1.28. The van der Waals surface area contributed by atoms with E-state index in [1.54, 1.807) is 0 Å². The summed E-state index contributed by atoms with van der Waals surface area (Å²) in [6.45, 7) is 0. The number of rotatable bonds is 11. The number of hydrogen-bond acceptors (Lipinski definition) is 1. The second-order valence-corrected chi connectivity index (χ2v) is 22.3. The van der Waals surface area contributed by atoms with Crippen molar-refractivity contribution in [3.05, 3.63) is 218 Å². The van der Waals surface area contributed by atoms with Gasteiger partial charge in [0.15, 0.2) is 7.10 Å². The van der Waals surface area contributed by atoms with Crippen LogP contribution in [0.3, 0.4) is 0 Å². The molecule has 1 aliphatic carbocycles. The Bertz CT molecular complexity index is 2290. The minimum Gasteiger partial charge on any atom is -0.177 e. The molecule has 9 rings (SSSR count). The van der Waals surface area contributed by atoms with Crippen molar-refractivity contribution in [2.45, 2.75) is 38.1 Å². The van der Waals surface area contributed by atoms with Crippen LogP contribution in [0.25, 0.3) is 44.5 Å². The van der Waals surface area contributed by atoms with Crippen LogP contribution >= 0.6 is 14.7 Å². The van der Waals surface area contributed by atoms with E-state index < -0.39 is 14.7 Å². The molecule has 0 saturated heterocycles. The maximum atomic E-state index is 4.65. The summed E-state index contributed by atoms with van der Waals surface area (Å²) in [6, 6.07) is 82.1. The second kappa shape index (κ2) is 17.4. The lowest BCUT2D eigenvalue weighted by atomic mass is 9.96. The fourth-order valence-electron chi connectivity index (χ4n) is 8.43. The second-order valence-electron chi connectivity index (χ2n) is 15.1. The summed E-state index contributed by atoms with van der Waals surface area (Å²) >= 11 is 0. The van der Waals surface area contributed by atoms with Gasteiger partial charge in [-0.1, -0.05) is 189 Å². The Kier molecular flexibility index (Phi) is 11.3. The lowest BCUT2D eigenvalue weighted by Gasteiger charge is -2.38. The maximum Gasteiger partial charge on any atom is 0.173 e. The van der Waals surface area contributed by atoms with Crippen LogP contribution in [0.15, 0.2) is 218 Å². The van der Waals surface area contributed by atoms with Gasteiger partial charge < -0.3 is 0 Å². The first-order chi connectivity index (χ1) is 28.2. The van der Waals surface area contributed by atoms with E-state index >= 15 is 0 Å². The number of nitrogens with one attached hydrogen (secondary N) is 1. The molecular formula is C54H48NP2+. The Morgan fingerprint density at radius 3 is 0.912 bits per heavy atom. The topological polar surface area (TPSA) is 12.0 Å². The molecule has 0 aliphatic heterocycles. The molecule has 278 valence electrons. The van der Waals surface area contributed by atoms with Gasteiger partial charge in [0.1, 0.15) is 18.2 Å².